The Labute approximate surface area is 121 Å². The van der Waals surface area contributed by atoms with Gasteiger partial charge in [-0.1, -0.05) is 5.16 Å². The molecular formula is C14H17N3O4. The Hall–Kier alpha value is -2.15. The van der Waals surface area contributed by atoms with Gasteiger partial charge in [0, 0.05) is 25.9 Å². The van der Waals surface area contributed by atoms with Gasteiger partial charge in [0.1, 0.15) is 6.26 Å². The van der Waals surface area contributed by atoms with Crippen LogP contribution in [0.5, 0.6) is 0 Å². The number of rotatable bonds is 4. The third kappa shape index (κ3) is 3.30. The summed E-state index contributed by atoms with van der Waals surface area (Å²) in [4.78, 5) is 18.0. The lowest BCUT2D eigenvalue weighted by Gasteiger charge is -2.30. The Bertz CT molecular complexity index is 593. The molecule has 0 radical (unpaired) electrons. The molecule has 3 rings (SSSR count). The van der Waals surface area contributed by atoms with Crippen LogP contribution >= 0.6 is 0 Å². The van der Waals surface area contributed by atoms with E-state index >= 15 is 0 Å². The average molecular weight is 291 g/mol. The van der Waals surface area contributed by atoms with Gasteiger partial charge in [0.05, 0.1) is 17.9 Å². The van der Waals surface area contributed by atoms with Crippen LogP contribution in [0.3, 0.4) is 0 Å². The Morgan fingerprint density at radius 1 is 1.52 bits per heavy atom. The zero-order valence-electron chi connectivity index (χ0n) is 11.6. The monoisotopic (exact) mass is 291 g/mol. The van der Waals surface area contributed by atoms with Gasteiger partial charge >= 0.3 is 0 Å². The number of aliphatic hydroxyl groups excluding tert-OH is 1. The summed E-state index contributed by atoms with van der Waals surface area (Å²) in [5, 5.41) is 13.4. The number of piperidine rings is 1. The highest BCUT2D eigenvalue weighted by Gasteiger charge is 2.22. The molecule has 1 unspecified atom stereocenters. The lowest BCUT2D eigenvalue weighted by molar-refractivity contribution is -0.134. The van der Waals surface area contributed by atoms with E-state index in [0.717, 1.165) is 18.4 Å². The molecule has 0 aliphatic carbocycles. The number of aromatic nitrogens is 2. The van der Waals surface area contributed by atoms with Crippen molar-refractivity contribution in [2.45, 2.75) is 31.8 Å². The first-order valence-corrected chi connectivity index (χ1v) is 7.03. The number of hydrogen-bond acceptors (Lipinski definition) is 6. The zero-order valence-corrected chi connectivity index (χ0v) is 11.6. The smallest absolute Gasteiger partial charge is 0.227 e. The van der Waals surface area contributed by atoms with Crippen molar-refractivity contribution in [3.05, 3.63) is 24.5 Å². The van der Waals surface area contributed by atoms with Crippen molar-refractivity contribution in [1.29, 1.82) is 0 Å². The van der Waals surface area contributed by atoms with Gasteiger partial charge in [-0.2, -0.15) is 4.98 Å². The second-order valence-corrected chi connectivity index (χ2v) is 5.16. The van der Waals surface area contributed by atoms with E-state index in [1.165, 1.54) is 12.5 Å². The summed E-state index contributed by atoms with van der Waals surface area (Å²) in [6.45, 7) is 1.13. The third-order valence-electron chi connectivity index (χ3n) is 3.55. The number of aliphatic hydroxyl groups is 1. The summed E-state index contributed by atoms with van der Waals surface area (Å²) in [5.74, 6) is 0.897. The van der Waals surface area contributed by atoms with Crippen LogP contribution in [0, 0.1) is 0 Å². The summed E-state index contributed by atoms with van der Waals surface area (Å²) in [6, 6.07) is 1.74. The molecule has 112 valence electrons. The van der Waals surface area contributed by atoms with Crippen LogP contribution in [-0.4, -0.2) is 45.2 Å². The van der Waals surface area contributed by atoms with Gasteiger partial charge in [-0.25, -0.2) is 0 Å². The number of carbonyl (C=O) groups excluding carboxylic acids is 1. The first-order valence-electron chi connectivity index (χ1n) is 7.03. The summed E-state index contributed by atoms with van der Waals surface area (Å²) in [6.07, 6.45) is 4.99. The first-order chi connectivity index (χ1) is 10.2. The summed E-state index contributed by atoms with van der Waals surface area (Å²) >= 11 is 0. The van der Waals surface area contributed by atoms with E-state index in [1.807, 2.05) is 0 Å². The van der Waals surface area contributed by atoms with E-state index in [1.54, 1.807) is 11.0 Å². The predicted molar refractivity (Wildman–Crippen MR) is 72.1 cm³/mol. The summed E-state index contributed by atoms with van der Waals surface area (Å²) in [7, 11) is 0. The van der Waals surface area contributed by atoms with E-state index in [0.29, 0.717) is 37.6 Å². The quantitative estimate of drug-likeness (QED) is 0.911. The highest BCUT2D eigenvalue weighted by Crippen LogP contribution is 2.17. The van der Waals surface area contributed by atoms with Gasteiger partial charge in [-0.3, -0.25) is 4.79 Å². The van der Waals surface area contributed by atoms with Crippen molar-refractivity contribution in [3.8, 4) is 11.4 Å². The molecule has 0 bridgehead atoms. The Morgan fingerprint density at radius 2 is 2.43 bits per heavy atom. The van der Waals surface area contributed by atoms with E-state index in [2.05, 4.69) is 10.1 Å². The molecule has 1 atom stereocenters. The molecule has 0 aromatic carbocycles. The van der Waals surface area contributed by atoms with Crippen molar-refractivity contribution in [2.24, 2.45) is 0 Å². The number of nitrogens with zero attached hydrogens (tertiary/aromatic N) is 3. The normalized spacial score (nSPS) is 18.9. The van der Waals surface area contributed by atoms with Gasteiger partial charge < -0.3 is 18.9 Å². The van der Waals surface area contributed by atoms with Crippen LogP contribution in [0.25, 0.3) is 11.4 Å². The number of carbonyl (C=O) groups is 1. The van der Waals surface area contributed by atoms with E-state index < -0.39 is 6.10 Å². The molecule has 1 fully saturated rings. The van der Waals surface area contributed by atoms with Crippen LogP contribution in [0.2, 0.25) is 0 Å². The molecule has 2 aromatic heterocycles. The molecule has 2 aromatic rings. The maximum Gasteiger partial charge on any atom is 0.227 e. The second kappa shape index (κ2) is 6.09. The van der Waals surface area contributed by atoms with Crippen molar-refractivity contribution < 1.29 is 18.8 Å². The van der Waals surface area contributed by atoms with Gasteiger partial charge in [0.15, 0.2) is 0 Å². The average Bonchev–Trinajstić information content (AvgIpc) is 3.15. The fourth-order valence-corrected chi connectivity index (χ4v) is 2.42. The third-order valence-corrected chi connectivity index (χ3v) is 3.55. The minimum atomic E-state index is -0.404. The van der Waals surface area contributed by atoms with Crippen molar-refractivity contribution in [2.75, 3.05) is 13.1 Å². The van der Waals surface area contributed by atoms with E-state index in [-0.39, 0.29) is 5.91 Å². The molecule has 1 aliphatic heterocycles. The number of hydrogen-bond donors (Lipinski definition) is 1. The van der Waals surface area contributed by atoms with E-state index in [9.17, 15) is 9.90 Å². The number of aryl methyl sites for hydroxylation is 1. The maximum atomic E-state index is 12.1. The SMILES string of the molecule is O=C(CCc1nc(-c2ccoc2)no1)N1CCCC(O)C1. The minimum Gasteiger partial charge on any atom is -0.472 e. The van der Waals surface area contributed by atoms with Gasteiger partial charge in [-0.05, 0) is 18.9 Å². The Morgan fingerprint density at radius 3 is 3.19 bits per heavy atom. The molecule has 1 amide bonds. The fourth-order valence-electron chi connectivity index (χ4n) is 2.42. The van der Waals surface area contributed by atoms with Crippen molar-refractivity contribution in [3.63, 3.8) is 0 Å². The number of furan rings is 1. The molecule has 1 N–H and O–H groups in total. The maximum absolute atomic E-state index is 12.1. The highest BCUT2D eigenvalue weighted by atomic mass is 16.5. The molecular weight excluding hydrogens is 274 g/mol. The molecule has 1 saturated heterocycles. The van der Waals surface area contributed by atoms with Gasteiger partial charge in [0.25, 0.3) is 0 Å². The van der Waals surface area contributed by atoms with Crippen molar-refractivity contribution in [1.82, 2.24) is 15.0 Å². The predicted octanol–water partition coefficient (Wildman–Crippen LogP) is 1.25. The molecule has 3 heterocycles. The molecule has 21 heavy (non-hydrogen) atoms. The Balaban J connectivity index is 1.54. The zero-order chi connectivity index (χ0) is 14.7. The van der Waals surface area contributed by atoms with Crippen LogP contribution in [0.15, 0.2) is 27.5 Å². The first kappa shape index (κ1) is 13.8. The molecule has 7 nitrogen and oxygen atoms in total. The van der Waals surface area contributed by atoms with Gasteiger partial charge in [0.2, 0.25) is 17.6 Å². The van der Waals surface area contributed by atoms with Crippen LogP contribution in [0.4, 0.5) is 0 Å². The number of β-amino-alcohol motifs (C(OH)–C–C–N with tert-alkyl or cyclic N) is 1. The van der Waals surface area contributed by atoms with Gasteiger partial charge in [-0.15, -0.1) is 0 Å². The number of amides is 1. The number of likely N-dealkylation sites (tertiary alicyclic amines) is 1. The van der Waals surface area contributed by atoms with E-state index in [4.69, 9.17) is 8.94 Å². The Kier molecular flexibility index (Phi) is 4.01. The van der Waals surface area contributed by atoms with Crippen LogP contribution < -0.4 is 0 Å². The largest absolute Gasteiger partial charge is 0.472 e. The standard InChI is InChI=1S/C14H17N3O4/c18-11-2-1-6-17(8-11)13(19)4-3-12-15-14(16-21-12)10-5-7-20-9-10/h5,7,9,11,18H,1-4,6,8H2. The highest BCUT2D eigenvalue weighted by molar-refractivity contribution is 5.76. The lowest BCUT2D eigenvalue weighted by atomic mass is 10.1. The fraction of sp³-hybridized carbons (Fsp3) is 0.500. The summed E-state index contributed by atoms with van der Waals surface area (Å²) < 4.78 is 10.1. The van der Waals surface area contributed by atoms with Crippen molar-refractivity contribution >= 4 is 5.91 Å². The minimum absolute atomic E-state index is 0.0109. The van der Waals surface area contributed by atoms with Crippen LogP contribution in [0.1, 0.15) is 25.2 Å². The second-order valence-electron chi connectivity index (χ2n) is 5.16. The molecule has 7 heteroatoms. The molecule has 1 aliphatic rings. The molecule has 0 saturated carbocycles. The summed E-state index contributed by atoms with van der Waals surface area (Å²) in [5.41, 5.74) is 0.746. The molecule has 0 spiro atoms. The topological polar surface area (TPSA) is 92.6 Å². The lowest BCUT2D eigenvalue weighted by Crippen LogP contribution is -2.42. The van der Waals surface area contributed by atoms with Crippen LogP contribution in [-0.2, 0) is 11.2 Å².